The average molecular weight is 338 g/mol. The van der Waals surface area contributed by atoms with Crippen LogP contribution in [0.15, 0.2) is 17.0 Å². The number of rotatable bonds is 9. The van der Waals surface area contributed by atoms with Crippen molar-refractivity contribution in [2.24, 2.45) is 0 Å². The van der Waals surface area contributed by atoms with E-state index in [0.717, 1.165) is 17.9 Å². The van der Waals surface area contributed by atoms with E-state index in [-0.39, 0.29) is 13.1 Å². The third-order valence-electron chi connectivity index (χ3n) is 2.74. The Hall–Kier alpha value is -0.700. The van der Waals surface area contributed by atoms with Crippen LogP contribution in [0.25, 0.3) is 0 Å². The Balaban J connectivity index is 2.95. The van der Waals surface area contributed by atoms with Gasteiger partial charge in [0.1, 0.15) is 4.90 Å². The third-order valence-corrected chi connectivity index (χ3v) is 4.90. The maximum Gasteiger partial charge on any atom is 0.243 e. The molecule has 0 unspecified atom stereocenters. The second-order valence-electron chi connectivity index (χ2n) is 4.41. The van der Waals surface area contributed by atoms with Crippen molar-refractivity contribution in [1.82, 2.24) is 10.0 Å². The lowest BCUT2D eigenvalue weighted by molar-refractivity contribution is 0.480. The topological polar surface area (TPSA) is 58.2 Å². The average Bonchev–Trinajstić information content (AvgIpc) is 2.44. The first-order valence-corrected chi connectivity index (χ1v) is 9.47. The molecule has 0 fully saturated rings. The van der Waals surface area contributed by atoms with Crippen LogP contribution in [0.3, 0.4) is 0 Å². The number of thioether (sulfide) groups is 1. The zero-order valence-electron chi connectivity index (χ0n) is 12.1. The Bertz CT molecular complexity index is 566. The molecule has 21 heavy (non-hydrogen) atoms. The van der Waals surface area contributed by atoms with Crippen molar-refractivity contribution in [3.05, 3.63) is 29.3 Å². The van der Waals surface area contributed by atoms with E-state index >= 15 is 0 Å². The van der Waals surface area contributed by atoms with E-state index in [1.54, 1.807) is 11.8 Å². The third kappa shape index (κ3) is 5.54. The molecule has 0 aliphatic heterocycles. The highest BCUT2D eigenvalue weighted by Gasteiger charge is 2.22. The van der Waals surface area contributed by atoms with Gasteiger partial charge in [0, 0.05) is 13.1 Å². The van der Waals surface area contributed by atoms with Gasteiger partial charge in [-0.25, -0.2) is 21.9 Å². The van der Waals surface area contributed by atoms with Gasteiger partial charge in [-0.3, -0.25) is 0 Å². The molecule has 0 saturated heterocycles. The molecular formula is C13H20F2N2O2S2. The lowest BCUT2D eigenvalue weighted by atomic mass is 10.2. The zero-order chi connectivity index (χ0) is 15.9. The Morgan fingerprint density at radius 1 is 1.29 bits per heavy atom. The number of nitrogens with one attached hydrogen (secondary N) is 2. The molecule has 1 aromatic rings. The van der Waals surface area contributed by atoms with Gasteiger partial charge in [0.05, 0.1) is 0 Å². The van der Waals surface area contributed by atoms with Gasteiger partial charge in [-0.2, -0.15) is 11.8 Å². The number of sulfonamides is 1. The summed E-state index contributed by atoms with van der Waals surface area (Å²) in [5, 5.41) is 2.94. The summed E-state index contributed by atoms with van der Waals surface area (Å²) in [5.41, 5.74) is 0.389. The fraction of sp³-hybridized carbons (Fsp3) is 0.538. The molecule has 0 atom stereocenters. The molecule has 0 aromatic heterocycles. The molecule has 8 heteroatoms. The van der Waals surface area contributed by atoms with Crippen LogP contribution in [0.5, 0.6) is 0 Å². The van der Waals surface area contributed by atoms with Gasteiger partial charge in [-0.05, 0) is 42.7 Å². The normalized spacial score (nSPS) is 11.8. The summed E-state index contributed by atoms with van der Waals surface area (Å²) in [6.07, 6.45) is 2.54. The van der Waals surface area contributed by atoms with Crippen LogP contribution in [0, 0.1) is 11.6 Å². The van der Waals surface area contributed by atoms with Crippen LogP contribution in [0.2, 0.25) is 0 Å². The summed E-state index contributed by atoms with van der Waals surface area (Å²) >= 11 is 1.59. The molecular weight excluding hydrogens is 318 g/mol. The smallest absolute Gasteiger partial charge is 0.243 e. The SMILES string of the molecule is CCNCc1cc(F)c(F)c(S(=O)(=O)NCCCSC)c1. The lowest BCUT2D eigenvalue weighted by Gasteiger charge is -2.10. The Labute approximate surface area is 128 Å². The van der Waals surface area contributed by atoms with E-state index in [0.29, 0.717) is 18.5 Å². The molecule has 2 N–H and O–H groups in total. The van der Waals surface area contributed by atoms with E-state index in [4.69, 9.17) is 0 Å². The molecule has 0 aliphatic rings. The predicted octanol–water partition coefficient (Wildman–Crippen LogP) is 2.11. The van der Waals surface area contributed by atoms with Crippen molar-refractivity contribution in [1.29, 1.82) is 0 Å². The highest BCUT2D eigenvalue weighted by molar-refractivity contribution is 7.98. The molecule has 1 rings (SSSR count). The summed E-state index contributed by atoms with van der Waals surface area (Å²) in [6, 6.07) is 2.17. The highest BCUT2D eigenvalue weighted by atomic mass is 32.2. The Morgan fingerprint density at radius 2 is 2.00 bits per heavy atom. The van der Waals surface area contributed by atoms with Crippen LogP contribution in [-0.4, -0.2) is 33.5 Å². The van der Waals surface area contributed by atoms with Crippen LogP contribution < -0.4 is 10.0 Å². The van der Waals surface area contributed by atoms with Gasteiger partial charge >= 0.3 is 0 Å². The Kier molecular flexibility index (Phi) is 7.58. The number of halogens is 2. The maximum atomic E-state index is 13.8. The first kappa shape index (κ1) is 18.3. The second kappa shape index (κ2) is 8.67. The molecule has 0 aliphatic carbocycles. The van der Waals surface area contributed by atoms with Crippen LogP contribution >= 0.6 is 11.8 Å². The molecule has 0 heterocycles. The zero-order valence-corrected chi connectivity index (χ0v) is 13.7. The standard InChI is InChI=1S/C13H20F2N2O2S2/c1-3-16-9-10-7-11(14)13(15)12(8-10)21(18,19)17-5-4-6-20-2/h7-8,16-17H,3-6,9H2,1-2H3. The first-order valence-electron chi connectivity index (χ1n) is 6.59. The van der Waals surface area contributed by atoms with Crippen LogP contribution in [0.4, 0.5) is 8.78 Å². The summed E-state index contributed by atoms with van der Waals surface area (Å²) in [5.74, 6) is -1.71. The maximum absolute atomic E-state index is 13.8. The van der Waals surface area contributed by atoms with E-state index in [1.165, 1.54) is 0 Å². The number of hydrogen-bond acceptors (Lipinski definition) is 4. The minimum Gasteiger partial charge on any atom is -0.313 e. The van der Waals surface area contributed by atoms with Crippen molar-refractivity contribution < 1.29 is 17.2 Å². The summed E-state index contributed by atoms with van der Waals surface area (Å²) in [6.45, 7) is 2.99. The van der Waals surface area contributed by atoms with Gasteiger partial charge in [-0.15, -0.1) is 0 Å². The fourth-order valence-corrected chi connectivity index (χ4v) is 3.33. The minimum absolute atomic E-state index is 0.196. The van der Waals surface area contributed by atoms with E-state index in [1.807, 2.05) is 13.2 Å². The largest absolute Gasteiger partial charge is 0.313 e. The highest BCUT2D eigenvalue weighted by Crippen LogP contribution is 2.20. The number of benzene rings is 1. The molecule has 1 aromatic carbocycles. The van der Waals surface area contributed by atoms with Crippen molar-refractivity contribution in [3.63, 3.8) is 0 Å². The van der Waals surface area contributed by atoms with Crippen molar-refractivity contribution >= 4 is 21.8 Å². The van der Waals surface area contributed by atoms with Gasteiger partial charge in [0.15, 0.2) is 11.6 Å². The van der Waals surface area contributed by atoms with E-state index < -0.39 is 26.6 Å². The monoisotopic (exact) mass is 338 g/mol. The van der Waals surface area contributed by atoms with Crippen molar-refractivity contribution in [2.45, 2.75) is 24.8 Å². The molecule has 0 spiro atoms. The molecule has 4 nitrogen and oxygen atoms in total. The van der Waals surface area contributed by atoms with E-state index in [2.05, 4.69) is 10.0 Å². The first-order chi connectivity index (χ1) is 9.92. The molecule has 0 radical (unpaired) electrons. The number of hydrogen-bond donors (Lipinski definition) is 2. The van der Waals surface area contributed by atoms with Crippen LogP contribution in [-0.2, 0) is 16.6 Å². The summed E-state index contributed by atoms with van der Waals surface area (Å²) in [7, 11) is -4.04. The lowest BCUT2D eigenvalue weighted by Crippen LogP contribution is -2.26. The van der Waals surface area contributed by atoms with Gasteiger partial charge in [0.25, 0.3) is 0 Å². The minimum atomic E-state index is -4.04. The molecule has 0 amide bonds. The predicted molar refractivity (Wildman–Crippen MR) is 81.9 cm³/mol. The van der Waals surface area contributed by atoms with Gasteiger partial charge < -0.3 is 5.32 Å². The molecule has 0 bridgehead atoms. The van der Waals surface area contributed by atoms with E-state index in [9.17, 15) is 17.2 Å². The van der Waals surface area contributed by atoms with Crippen molar-refractivity contribution in [2.75, 3.05) is 25.1 Å². The molecule has 120 valence electrons. The van der Waals surface area contributed by atoms with Gasteiger partial charge in [-0.1, -0.05) is 6.92 Å². The molecule has 0 saturated carbocycles. The summed E-state index contributed by atoms with van der Waals surface area (Å²) in [4.78, 5) is -0.639. The van der Waals surface area contributed by atoms with Gasteiger partial charge in [0.2, 0.25) is 10.0 Å². The quantitative estimate of drug-likeness (QED) is 0.677. The summed E-state index contributed by atoms with van der Waals surface area (Å²) < 4.78 is 53.7. The van der Waals surface area contributed by atoms with Crippen molar-refractivity contribution in [3.8, 4) is 0 Å². The fourth-order valence-electron chi connectivity index (χ4n) is 1.68. The second-order valence-corrected chi connectivity index (χ2v) is 7.14. The Morgan fingerprint density at radius 3 is 2.62 bits per heavy atom. The van der Waals surface area contributed by atoms with Crippen LogP contribution in [0.1, 0.15) is 18.9 Å².